The summed E-state index contributed by atoms with van der Waals surface area (Å²) in [5.41, 5.74) is -0.209. The Hall–Kier alpha value is -2.71. The molecule has 1 aromatic heterocycles. The Bertz CT molecular complexity index is 725. The number of aromatic nitrogens is 2. The van der Waals surface area contributed by atoms with Crippen molar-refractivity contribution in [1.29, 1.82) is 0 Å². The van der Waals surface area contributed by atoms with Crippen LogP contribution in [0.25, 0.3) is 0 Å². The van der Waals surface area contributed by atoms with Crippen molar-refractivity contribution in [1.82, 2.24) is 30.0 Å². The maximum Gasteiger partial charge on any atom is 0.317 e. The number of carbonyl (C=O) groups excluding carboxylic acids is 3. The lowest BCUT2D eigenvalue weighted by atomic mass is 9.86. The van der Waals surface area contributed by atoms with Gasteiger partial charge in [-0.2, -0.15) is 0 Å². The molecule has 146 valence electrons. The molecule has 4 amide bonds. The van der Waals surface area contributed by atoms with Gasteiger partial charge in [0, 0.05) is 70.0 Å². The normalized spacial score (nSPS) is 23.1. The van der Waals surface area contributed by atoms with Gasteiger partial charge in [-0.3, -0.25) is 14.6 Å². The highest BCUT2D eigenvalue weighted by molar-refractivity contribution is 5.92. The number of nitrogens with zero attached hydrogens (tertiary/aromatic N) is 5. The first-order valence-corrected chi connectivity index (χ1v) is 9.14. The molecule has 9 heteroatoms. The average molecular weight is 374 g/mol. The highest BCUT2D eigenvalue weighted by atomic mass is 16.2. The van der Waals surface area contributed by atoms with Crippen LogP contribution in [0.5, 0.6) is 0 Å². The van der Waals surface area contributed by atoms with Gasteiger partial charge in [-0.25, -0.2) is 9.78 Å². The summed E-state index contributed by atoms with van der Waals surface area (Å²) in [5.74, 6) is -0.191. The van der Waals surface area contributed by atoms with Crippen LogP contribution in [0.2, 0.25) is 0 Å². The Labute approximate surface area is 158 Å². The van der Waals surface area contributed by atoms with Gasteiger partial charge in [0.15, 0.2) is 0 Å². The molecule has 27 heavy (non-hydrogen) atoms. The molecule has 0 bridgehead atoms. The van der Waals surface area contributed by atoms with Gasteiger partial charge in [0.25, 0.3) is 5.91 Å². The first-order valence-electron chi connectivity index (χ1n) is 9.14. The third-order valence-electron chi connectivity index (χ3n) is 4.99. The second-order valence-corrected chi connectivity index (χ2v) is 7.77. The number of hydrogen-bond acceptors (Lipinski definition) is 5. The van der Waals surface area contributed by atoms with Gasteiger partial charge in [-0.15, -0.1) is 0 Å². The van der Waals surface area contributed by atoms with E-state index >= 15 is 0 Å². The molecule has 1 spiro atoms. The van der Waals surface area contributed by atoms with Crippen molar-refractivity contribution in [2.24, 2.45) is 5.41 Å². The van der Waals surface area contributed by atoms with E-state index in [0.717, 1.165) is 0 Å². The van der Waals surface area contributed by atoms with Crippen LogP contribution in [0, 0.1) is 5.41 Å². The Morgan fingerprint density at radius 1 is 1.15 bits per heavy atom. The molecular formula is C18H26N6O3. The highest BCUT2D eigenvalue weighted by Crippen LogP contribution is 2.34. The summed E-state index contributed by atoms with van der Waals surface area (Å²) in [6.07, 6.45) is 4.76. The fraction of sp³-hybridized carbons (Fsp3) is 0.611. The lowest BCUT2D eigenvalue weighted by molar-refractivity contribution is -0.126. The zero-order valence-corrected chi connectivity index (χ0v) is 16.0. The molecule has 0 unspecified atom stereocenters. The Morgan fingerprint density at radius 3 is 2.44 bits per heavy atom. The lowest BCUT2D eigenvalue weighted by Crippen LogP contribution is -2.49. The van der Waals surface area contributed by atoms with E-state index in [1.54, 1.807) is 21.7 Å². The Morgan fingerprint density at radius 2 is 1.85 bits per heavy atom. The summed E-state index contributed by atoms with van der Waals surface area (Å²) in [6, 6.07) is -0.151. The predicted molar refractivity (Wildman–Crippen MR) is 97.9 cm³/mol. The van der Waals surface area contributed by atoms with E-state index in [4.69, 9.17) is 0 Å². The molecule has 3 rings (SSSR count). The molecular weight excluding hydrogens is 348 g/mol. The van der Waals surface area contributed by atoms with E-state index in [1.807, 2.05) is 13.8 Å². The van der Waals surface area contributed by atoms with Crippen molar-refractivity contribution < 1.29 is 14.4 Å². The SMILES string of the molecule is CC(C)NC(=O)N1CCN(C(=O)c2cnccn2)C[C@]2(CC(=O)N(C)C2)C1. The number of carbonyl (C=O) groups is 3. The Kier molecular flexibility index (Phi) is 5.29. The van der Waals surface area contributed by atoms with Crippen molar-refractivity contribution >= 4 is 17.8 Å². The van der Waals surface area contributed by atoms with Gasteiger partial charge < -0.3 is 20.0 Å². The van der Waals surface area contributed by atoms with E-state index in [2.05, 4.69) is 15.3 Å². The number of rotatable bonds is 2. The number of likely N-dealkylation sites (tertiary alicyclic amines) is 1. The van der Waals surface area contributed by atoms with Gasteiger partial charge in [0.1, 0.15) is 5.69 Å². The molecule has 9 nitrogen and oxygen atoms in total. The van der Waals surface area contributed by atoms with Crippen LogP contribution in [0.4, 0.5) is 4.79 Å². The van der Waals surface area contributed by atoms with E-state index in [1.165, 1.54) is 18.6 Å². The van der Waals surface area contributed by atoms with Crippen molar-refractivity contribution in [3.05, 3.63) is 24.3 Å². The zero-order valence-electron chi connectivity index (χ0n) is 16.0. The fourth-order valence-electron chi connectivity index (χ4n) is 3.83. The summed E-state index contributed by atoms with van der Waals surface area (Å²) in [4.78, 5) is 50.9. The number of urea groups is 1. The van der Waals surface area contributed by atoms with Crippen LogP contribution in [-0.4, -0.2) is 88.3 Å². The van der Waals surface area contributed by atoms with E-state index in [9.17, 15) is 14.4 Å². The largest absolute Gasteiger partial charge is 0.345 e. The third kappa shape index (κ3) is 4.17. The average Bonchev–Trinajstić information content (AvgIpc) is 2.79. The summed E-state index contributed by atoms with van der Waals surface area (Å²) in [6.45, 7) is 5.96. The van der Waals surface area contributed by atoms with Gasteiger partial charge >= 0.3 is 6.03 Å². The fourth-order valence-corrected chi connectivity index (χ4v) is 3.83. The molecule has 0 saturated carbocycles. The van der Waals surface area contributed by atoms with Crippen LogP contribution < -0.4 is 5.32 Å². The van der Waals surface area contributed by atoms with Crippen LogP contribution in [-0.2, 0) is 4.79 Å². The van der Waals surface area contributed by atoms with Crippen molar-refractivity contribution in [2.45, 2.75) is 26.3 Å². The number of hydrogen-bond donors (Lipinski definition) is 1. The zero-order chi connectivity index (χ0) is 19.6. The van der Waals surface area contributed by atoms with Crippen LogP contribution in [0.1, 0.15) is 30.8 Å². The second-order valence-electron chi connectivity index (χ2n) is 7.77. The molecule has 2 aliphatic heterocycles. The van der Waals surface area contributed by atoms with E-state index < -0.39 is 5.41 Å². The summed E-state index contributed by atoms with van der Waals surface area (Å²) >= 11 is 0. The number of amides is 4. The molecule has 1 atom stereocenters. The first-order chi connectivity index (χ1) is 12.8. The van der Waals surface area contributed by atoms with Crippen LogP contribution >= 0.6 is 0 Å². The van der Waals surface area contributed by atoms with Gasteiger partial charge in [-0.05, 0) is 13.8 Å². The van der Waals surface area contributed by atoms with Crippen molar-refractivity contribution in [3.8, 4) is 0 Å². The summed E-state index contributed by atoms with van der Waals surface area (Å²) < 4.78 is 0. The molecule has 3 heterocycles. The third-order valence-corrected chi connectivity index (χ3v) is 4.99. The van der Waals surface area contributed by atoms with Crippen molar-refractivity contribution in [3.63, 3.8) is 0 Å². The minimum absolute atomic E-state index is 0.0157. The molecule has 2 fully saturated rings. The first kappa shape index (κ1) is 19.1. The monoisotopic (exact) mass is 374 g/mol. The highest BCUT2D eigenvalue weighted by Gasteiger charge is 2.47. The predicted octanol–water partition coefficient (Wildman–Crippen LogP) is 0.201. The molecule has 1 aromatic rings. The quantitative estimate of drug-likeness (QED) is 0.797. The lowest BCUT2D eigenvalue weighted by Gasteiger charge is -2.33. The van der Waals surface area contributed by atoms with Gasteiger partial charge in [-0.1, -0.05) is 0 Å². The maximum atomic E-state index is 12.9. The van der Waals surface area contributed by atoms with Gasteiger partial charge in [0.05, 0.1) is 6.20 Å². The number of nitrogens with one attached hydrogen (secondary N) is 1. The molecule has 0 aliphatic carbocycles. The van der Waals surface area contributed by atoms with Crippen molar-refractivity contribution in [2.75, 3.05) is 39.8 Å². The van der Waals surface area contributed by atoms with E-state index in [-0.39, 0.29) is 29.6 Å². The minimum Gasteiger partial charge on any atom is -0.345 e. The Balaban J connectivity index is 1.85. The summed E-state index contributed by atoms with van der Waals surface area (Å²) in [5, 5.41) is 2.91. The second kappa shape index (κ2) is 7.50. The van der Waals surface area contributed by atoms with Crippen LogP contribution in [0.15, 0.2) is 18.6 Å². The molecule has 2 aliphatic rings. The smallest absolute Gasteiger partial charge is 0.317 e. The minimum atomic E-state index is -0.478. The van der Waals surface area contributed by atoms with Crippen LogP contribution in [0.3, 0.4) is 0 Å². The van der Waals surface area contributed by atoms with Gasteiger partial charge in [0.2, 0.25) is 5.91 Å². The van der Waals surface area contributed by atoms with E-state index in [0.29, 0.717) is 39.1 Å². The molecule has 2 saturated heterocycles. The molecule has 0 radical (unpaired) electrons. The maximum absolute atomic E-state index is 12.9. The standard InChI is InChI=1S/C18H26N6O3/c1-13(2)21-17(27)24-7-6-23(16(26)14-9-19-4-5-20-14)11-18(12-24)8-15(25)22(3)10-18/h4-5,9,13H,6-8,10-12H2,1-3H3,(H,21,27)/t18-/m1/s1. The summed E-state index contributed by atoms with van der Waals surface area (Å²) in [7, 11) is 1.76. The topological polar surface area (TPSA) is 98.7 Å². The molecule has 1 N–H and O–H groups in total. The molecule has 0 aromatic carbocycles.